The second-order valence-electron chi connectivity index (χ2n) is 6.20. The molecule has 0 radical (unpaired) electrons. The molecule has 1 aliphatic rings. The lowest BCUT2D eigenvalue weighted by atomic mass is 9.80. The van der Waals surface area contributed by atoms with Crippen LogP contribution in [0.25, 0.3) is 0 Å². The SMILES string of the molecule is CN(CCO)C1(CNc2ccc([N+](=O)[O-])cc2F)CCCCC1. The number of non-ortho nitro benzene ring substituents is 1. The second kappa shape index (κ2) is 7.70. The van der Waals surface area contributed by atoms with Crippen molar-refractivity contribution in [3.63, 3.8) is 0 Å². The van der Waals surface area contributed by atoms with Gasteiger partial charge in [0, 0.05) is 24.7 Å². The first-order valence-corrected chi connectivity index (χ1v) is 7.98. The number of likely N-dealkylation sites (N-methyl/N-ethyl adjacent to an activating group) is 1. The van der Waals surface area contributed by atoms with E-state index in [1.807, 2.05) is 7.05 Å². The maximum absolute atomic E-state index is 14.0. The summed E-state index contributed by atoms with van der Waals surface area (Å²) in [5, 5.41) is 23.0. The van der Waals surface area contributed by atoms with Gasteiger partial charge in [-0.1, -0.05) is 19.3 Å². The number of hydrogen-bond donors (Lipinski definition) is 2. The largest absolute Gasteiger partial charge is 0.395 e. The van der Waals surface area contributed by atoms with E-state index in [2.05, 4.69) is 10.2 Å². The molecule has 0 amide bonds. The van der Waals surface area contributed by atoms with Crippen molar-refractivity contribution in [1.82, 2.24) is 4.90 Å². The van der Waals surface area contributed by atoms with Crippen molar-refractivity contribution in [2.75, 3.05) is 32.1 Å². The summed E-state index contributed by atoms with van der Waals surface area (Å²) < 4.78 is 14.0. The molecule has 0 bridgehead atoms. The first-order chi connectivity index (χ1) is 11.0. The maximum Gasteiger partial charge on any atom is 0.272 e. The summed E-state index contributed by atoms with van der Waals surface area (Å²) in [4.78, 5) is 12.2. The molecule has 128 valence electrons. The van der Waals surface area contributed by atoms with Crippen LogP contribution in [0.1, 0.15) is 32.1 Å². The van der Waals surface area contributed by atoms with E-state index < -0.39 is 10.7 Å². The predicted octanol–water partition coefficient (Wildman–Crippen LogP) is 2.77. The molecular formula is C16H24FN3O3. The minimum absolute atomic E-state index is 0.0874. The molecule has 6 nitrogen and oxygen atoms in total. The average molecular weight is 325 g/mol. The number of halogens is 1. The van der Waals surface area contributed by atoms with Gasteiger partial charge in [0.05, 0.1) is 23.3 Å². The third kappa shape index (κ3) is 4.17. The molecule has 1 aliphatic carbocycles. The number of aliphatic hydroxyl groups is 1. The number of rotatable bonds is 7. The fraction of sp³-hybridized carbons (Fsp3) is 0.625. The monoisotopic (exact) mass is 325 g/mol. The molecule has 7 heteroatoms. The summed E-state index contributed by atoms with van der Waals surface area (Å²) in [6.45, 7) is 1.22. The Morgan fingerprint density at radius 2 is 2.09 bits per heavy atom. The number of hydrogen-bond acceptors (Lipinski definition) is 5. The van der Waals surface area contributed by atoms with Gasteiger partial charge < -0.3 is 10.4 Å². The Kier molecular flexibility index (Phi) is 5.90. The van der Waals surface area contributed by atoms with Crippen LogP contribution in [-0.4, -0.2) is 47.2 Å². The molecular weight excluding hydrogens is 301 g/mol. The molecule has 2 rings (SSSR count). The second-order valence-corrected chi connectivity index (χ2v) is 6.20. The van der Waals surface area contributed by atoms with E-state index >= 15 is 0 Å². The Bertz CT molecular complexity index is 547. The molecule has 0 spiro atoms. The quantitative estimate of drug-likeness (QED) is 0.595. The van der Waals surface area contributed by atoms with E-state index in [0.717, 1.165) is 31.7 Å². The molecule has 1 saturated carbocycles. The van der Waals surface area contributed by atoms with Crippen molar-refractivity contribution >= 4 is 11.4 Å². The molecule has 2 N–H and O–H groups in total. The number of benzene rings is 1. The van der Waals surface area contributed by atoms with Crippen LogP contribution in [0.4, 0.5) is 15.8 Å². The van der Waals surface area contributed by atoms with Gasteiger partial charge in [-0.15, -0.1) is 0 Å². The molecule has 0 aliphatic heterocycles. The van der Waals surface area contributed by atoms with E-state index in [1.165, 1.54) is 18.6 Å². The summed E-state index contributed by atoms with van der Waals surface area (Å²) in [5.41, 5.74) is -0.0920. The smallest absolute Gasteiger partial charge is 0.272 e. The number of nitro groups is 1. The highest BCUT2D eigenvalue weighted by molar-refractivity contribution is 5.50. The lowest BCUT2D eigenvalue weighted by Gasteiger charge is -2.45. The maximum atomic E-state index is 14.0. The fourth-order valence-corrected chi connectivity index (χ4v) is 3.31. The first-order valence-electron chi connectivity index (χ1n) is 7.98. The Hall–Kier alpha value is -1.73. The molecule has 0 unspecified atom stereocenters. The zero-order valence-corrected chi connectivity index (χ0v) is 13.4. The van der Waals surface area contributed by atoms with Gasteiger partial charge in [0.25, 0.3) is 5.69 Å². The van der Waals surface area contributed by atoms with Crippen LogP contribution in [0.15, 0.2) is 18.2 Å². The number of anilines is 1. The van der Waals surface area contributed by atoms with Gasteiger partial charge in [0.15, 0.2) is 5.82 Å². The zero-order chi connectivity index (χ0) is 16.9. The highest BCUT2D eigenvalue weighted by atomic mass is 19.1. The van der Waals surface area contributed by atoms with Crippen LogP contribution in [0.3, 0.4) is 0 Å². The summed E-state index contributed by atoms with van der Waals surface area (Å²) in [7, 11) is 1.98. The number of nitro benzene ring substituents is 1. The Labute approximate surface area is 135 Å². The van der Waals surface area contributed by atoms with Gasteiger partial charge in [-0.3, -0.25) is 15.0 Å². The van der Waals surface area contributed by atoms with Gasteiger partial charge in [-0.2, -0.15) is 0 Å². The van der Waals surface area contributed by atoms with Crippen molar-refractivity contribution < 1.29 is 14.4 Å². The number of aliphatic hydroxyl groups excluding tert-OH is 1. The van der Waals surface area contributed by atoms with Crippen LogP contribution >= 0.6 is 0 Å². The standard InChI is InChI=1S/C16H24FN3O3/c1-19(9-10-21)16(7-3-2-4-8-16)12-18-15-6-5-13(20(22)23)11-14(15)17/h5-6,11,18,21H,2-4,7-10,12H2,1H3. The lowest BCUT2D eigenvalue weighted by Crippen LogP contribution is -2.53. The minimum Gasteiger partial charge on any atom is -0.395 e. The molecule has 0 aromatic heterocycles. The molecule has 0 saturated heterocycles. The predicted molar refractivity (Wildman–Crippen MR) is 87.1 cm³/mol. The van der Waals surface area contributed by atoms with Gasteiger partial charge in [-0.05, 0) is 26.0 Å². The van der Waals surface area contributed by atoms with Crippen LogP contribution in [-0.2, 0) is 0 Å². The van der Waals surface area contributed by atoms with E-state index in [1.54, 1.807) is 0 Å². The van der Waals surface area contributed by atoms with Crippen molar-refractivity contribution in [2.24, 2.45) is 0 Å². The Balaban J connectivity index is 2.10. The summed E-state index contributed by atoms with van der Waals surface area (Å²) in [5.74, 6) is -0.616. The third-order valence-corrected chi connectivity index (χ3v) is 4.80. The molecule has 23 heavy (non-hydrogen) atoms. The average Bonchev–Trinajstić information content (AvgIpc) is 2.54. The molecule has 1 fully saturated rings. The van der Waals surface area contributed by atoms with E-state index in [4.69, 9.17) is 0 Å². The lowest BCUT2D eigenvalue weighted by molar-refractivity contribution is -0.385. The normalized spacial score (nSPS) is 17.2. The van der Waals surface area contributed by atoms with Crippen molar-refractivity contribution in [2.45, 2.75) is 37.6 Å². The van der Waals surface area contributed by atoms with Crippen LogP contribution in [0.5, 0.6) is 0 Å². The molecule has 1 aromatic rings. The first kappa shape index (κ1) is 17.6. The van der Waals surface area contributed by atoms with Gasteiger partial charge in [-0.25, -0.2) is 4.39 Å². The Morgan fingerprint density at radius 3 is 2.65 bits per heavy atom. The summed E-state index contributed by atoms with van der Waals surface area (Å²) in [6, 6.07) is 3.65. The zero-order valence-electron chi connectivity index (χ0n) is 13.4. The number of nitrogens with zero attached hydrogens (tertiary/aromatic N) is 2. The molecule has 0 atom stereocenters. The Morgan fingerprint density at radius 1 is 1.39 bits per heavy atom. The van der Waals surface area contributed by atoms with Crippen LogP contribution in [0.2, 0.25) is 0 Å². The van der Waals surface area contributed by atoms with E-state index in [-0.39, 0.29) is 23.5 Å². The highest BCUT2D eigenvalue weighted by Gasteiger charge is 2.35. The van der Waals surface area contributed by atoms with Crippen LogP contribution < -0.4 is 5.32 Å². The fourth-order valence-electron chi connectivity index (χ4n) is 3.31. The highest BCUT2D eigenvalue weighted by Crippen LogP contribution is 2.33. The molecule has 0 heterocycles. The number of β-amino-alcohol motifs (C(OH)–C–C–N with tert-alkyl or cyclic N) is 1. The topological polar surface area (TPSA) is 78.6 Å². The minimum atomic E-state index is -0.616. The third-order valence-electron chi connectivity index (χ3n) is 4.80. The van der Waals surface area contributed by atoms with Crippen molar-refractivity contribution in [1.29, 1.82) is 0 Å². The van der Waals surface area contributed by atoms with Crippen LogP contribution in [0, 0.1) is 15.9 Å². The van der Waals surface area contributed by atoms with Gasteiger partial charge in [0.1, 0.15) is 0 Å². The molecule has 1 aromatic carbocycles. The summed E-state index contributed by atoms with van der Waals surface area (Å²) >= 11 is 0. The number of nitrogens with one attached hydrogen (secondary N) is 1. The van der Waals surface area contributed by atoms with Gasteiger partial charge in [0.2, 0.25) is 0 Å². The van der Waals surface area contributed by atoms with E-state index in [0.29, 0.717) is 13.1 Å². The summed E-state index contributed by atoms with van der Waals surface area (Å²) in [6.07, 6.45) is 5.40. The van der Waals surface area contributed by atoms with Gasteiger partial charge >= 0.3 is 0 Å². The van der Waals surface area contributed by atoms with Crippen molar-refractivity contribution in [3.8, 4) is 0 Å². The van der Waals surface area contributed by atoms with Crippen molar-refractivity contribution in [3.05, 3.63) is 34.1 Å². The van der Waals surface area contributed by atoms with E-state index in [9.17, 15) is 19.6 Å².